The van der Waals surface area contributed by atoms with Crippen LogP contribution >= 0.6 is 0 Å². The van der Waals surface area contributed by atoms with Gasteiger partial charge in [0.15, 0.2) is 0 Å². The van der Waals surface area contributed by atoms with Gasteiger partial charge in [0.2, 0.25) is 0 Å². The van der Waals surface area contributed by atoms with Crippen LogP contribution in [0.5, 0.6) is 0 Å². The standard InChI is InChI=1S/C13H20N2O/c1-2-9(16)8-15-13-7-12(14)10-5-3-4-6-11(10)13/h3-6,9,12-13,15-16H,2,7-8,14H2,1H3. The Labute approximate surface area is 96.7 Å². The zero-order valence-corrected chi connectivity index (χ0v) is 9.69. The van der Waals surface area contributed by atoms with Crippen molar-refractivity contribution < 1.29 is 5.11 Å². The highest BCUT2D eigenvalue weighted by molar-refractivity contribution is 5.37. The summed E-state index contributed by atoms with van der Waals surface area (Å²) in [5.74, 6) is 0. The van der Waals surface area contributed by atoms with Gasteiger partial charge in [-0.1, -0.05) is 31.2 Å². The molecular formula is C13H20N2O. The maximum absolute atomic E-state index is 9.54. The number of aliphatic hydroxyl groups is 1. The molecule has 4 N–H and O–H groups in total. The molecule has 16 heavy (non-hydrogen) atoms. The van der Waals surface area contributed by atoms with Gasteiger partial charge in [-0.15, -0.1) is 0 Å². The molecule has 1 aliphatic rings. The van der Waals surface area contributed by atoms with Crippen LogP contribution in [0.15, 0.2) is 24.3 Å². The molecule has 0 heterocycles. The highest BCUT2D eigenvalue weighted by Gasteiger charge is 2.27. The maximum Gasteiger partial charge on any atom is 0.0662 e. The summed E-state index contributed by atoms with van der Waals surface area (Å²) in [6.45, 7) is 2.63. The van der Waals surface area contributed by atoms with E-state index in [1.807, 2.05) is 19.1 Å². The summed E-state index contributed by atoms with van der Waals surface area (Å²) < 4.78 is 0. The quantitative estimate of drug-likeness (QED) is 0.720. The summed E-state index contributed by atoms with van der Waals surface area (Å²) in [7, 11) is 0. The van der Waals surface area contributed by atoms with Crippen LogP contribution in [0.1, 0.15) is 43.0 Å². The molecular weight excluding hydrogens is 200 g/mol. The average molecular weight is 220 g/mol. The second-order valence-corrected chi connectivity index (χ2v) is 4.49. The molecule has 3 unspecified atom stereocenters. The Hall–Kier alpha value is -0.900. The van der Waals surface area contributed by atoms with Crippen LogP contribution < -0.4 is 11.1 Å². The van der Waals surface area contributed by atoms with E-state index in [2.05, 4.69) is 17.4 Å². The predicted octanol–water partition coefficient (Wildman–Crippen LogP) is 1.49. The van der Waals surface area contributed by atoms with Crippen LogP contribution in [-0.4, -0.2) is 17.8 Å². The highest BCUT2D eigenvalue weighted by atomic mass is 16.3. The first-order valence-corrected chi connectivity index (χ1v) is 5.98. The maximum atomic E-state index is 9.54. The topological polar surface area (TPSA) is 58.3 Å². The van der Waals surface area contributed by atoms with Crippen molar-refractivity contribution in [1.82, 2.24) is 5.32 Å². The molecule has 0 aliphatic heterocycles. The zero-order valence-electron chi connectivity index (χ0n) is 9.69. The molecule has 0 amide bonds. The Balaban J connectivity index is 2.03. The third kappa shape index (κ3) is 2.26. The lowest BCUT2D eigenvalue weighted by molar-refractivity contribution is 0.162. The Morgan fingerprint density at radius 1 is 1.44 bits per heavy atom. The Morgan fingerprint density at radius 2 is 2.12 bits per heavy atom. The van der Waals surface area contributed by atoms with Crippen molar-refractivity contribution in [1.29, 1.82) is 0 Å². The lowest BCUT2D eigenvalue weighted by Crippen LogP contribution is -2.29. The number of nitrogens with two attached hydrogens (primary N) is 1. The number of rotatable bonds is 4. The monoisotopic (exact) mass is 220 g/mol. The molecule has 0 aromatic heterocycles. The van der Waals surface area contributed by atoms with Crippen molar-refractivity contribution in [3.63, 3.8) is 0 Å². The van der Waals surface area contributed by atoms with Gasteiger partial charge in [0.25, 0.3) is 0 Å². The zero-order chi connectivity index (χ0) is 11.5. The molecule has 3 atom stereocenters. The van der Waals surface area contributed by atoms with Crippen molar-refractivity contribution in [3.8, 4) is 0 Å². The average Bonchev–Trinajstić information content (AvgIpc) is 2.64. The molecule has 1 aliphatic carbocycles. The van der Waals surface area contributed by atoms with Crippen molar-refractivity contribution in [2.45, 2.75) is 38.0 Å². The van der Waals surface area contributed by atoms with Gasteiger partial charge in [-0.3, -0.25) is 0 Å². The van der Waals surface area contributed by atoms with Crippen LogP contribution in [0.3, 0.4) is 0 Å². The molecule has 0 fully saturated rings. The fraction of sp³-hybridized carbons (Fsp3) is 0.538. The number of hydrogen-bond donors (Lipinski definition) is 3. The van der Waals surface area contributed by atoms with E-state index < -0.39 is 0 Å². The first kappa shape index (κ1) is 11.6. The minimum absolute atomic E-state index is 0.132. The van der Waals surface area contributed by atoms with E-state index in [0.29, 0.717) is 12.6 Å². The number of fused-ring (bicyclic) bond motifs is 1. The van der Waals surface area contributed by atoms with Gasteiger partial charge >= 0.3 is 0 Å². The lowest BCUT2D eigenvalue weighted by atomic mass is 10.1. The van der Waals surface area contributed by atoms with Crippen LogP contribution in [-0.2, 0) is 0 Å². The lowest BCUT2D eigenvalue weighted by Gasteiger charge is -2.16. The normalized spacial score (nSPS) is 25.4. The van der Waals surface area contributed by atoms with Crippen LogP contribution in [0.4, 0.5) is 0 Å². The van der Waals surface area contributed by atoms with E-state index >= 15 is 0 Å². The smallest absolute Gasteiger partial charge is 0.0662 e. The van der Waals surface area contributed by atoms with Gasteiger partial charge < -0.3 is 16.2 Å². The third-order valence-electron chi connectivity index (χ3n) is 3.33. The molecule has 3 nitrogen and oxygen atoms in total. The van der Waals surface area contributed by atoms with E-state index in [0.717, 1.165) is 12.8 Å². The Kier molecular flexibility index (Phi) is 3.59. The van der Waals surface area contributed by atoms with Crippen molar-refractivity contribution in [2.75, 3.05) is 6.54 Å². The summed E-state index contributed by atoms with van der Waals surface area (Å²) >= 11 is 0. The molecule has 1 aromatic rings. The number of nitrogens with one attached hydrogen (secondary N) is 1. The largest absolute Gasteiger partial charge is 0.392 e. The van der Waals surface area contributed by atoms with Crippen molar-refractivity contribution in [2.24, 2.45) is 5.73 Å². The first-order chi connectivity index (χ1) is 7.72. The molecule has 0 spiro atoms. The molecule has 0 saturated heterocycles. The van der Waals surface area contributed by atoms with Crippen molar-refractivity contribution in [3.05, 3.63) is 35.4 Å². The second-order valence-electron chi connectivity index (χ2n) is 4.49. The van der Waals surface area contributed by atoms with E-state index in [-0.39, 0.29) is 12.1 Å². The van der Waals surface area contributed by atoms with E-state index in [1.54, 1.807) is 0 Å². The van der Waals surface area contributed by atoms with Gasteiger partial charge in [0, 0.05) is 18.6 Å². The van der Waals surface area contributed by atoms with E-state index in [9.17, 15) is 5.11 Å². The molecule has 3 heteroatoms. The number of benzene rings is 1. The Morgan fingerprint density at radius 3 is 2.81 bits per heavy atom. The third-order valence-corrected chi connectivity index (χ3v) is 3.33. The van der Waals surface area contributed by atoms with Crippen LogP contribution in [0.2, 0.25) is 0 Å². The Bertz CT molecular complexity index is 354. The van der Waals surface area contributed by atoms with Gasteiger partial charge in [0.1, 0.15) is 0 Å². The minimum atomic E-state index is -0.260. The highest BCUT2D eigenvalue weighted by Crippen LogP contribution is 2.36. The summed E-state index contributed by atoms with van der Waals surface area (Å²) in [4.78, 5) is 0. The first-order valence-electron chi connectivity index (χ1n) is 5.98. The van der Waals surface area contributed by atoms with Gasteiger partial charge in [-0.2, -0.15) is 0 Å². The number of hydrogen-bond acceptors (Lipinski definition) is 3. The predicted molar refractivity (Wildman–Crippen MR) is 65.0 cm³/mol. The molecule has 0 radical (unpaired) electrons. The number of aliphatic hydroxyl groups excluding tert-OH is 1. The summed E-state index contributed by atoms with van der Waals surface area (Å²) in [5, 5.41) is 12.9. The molecule has 1 aromatic carbocycles. The van der Waals surface area contributed by atoms with Crippen LogP contribution in [0, 0.1) is 0 Å². The van der Waals surface area contributed by atoms with E-state index in [1.165, 1.54) is 11.1 Å². The minimum Gasteiger partial charge on any atom is -0.392 e. The van der Waals surface area contributed by atoms with Gasteiger partial charge in [-0.05, 0) is 24.0 Å². The second kappa shape index (κ2) is 4.95. The molecule has 0 bridgehead atoms. The van der Waals surface area contributed by atoms with E-state index in [4.69, 9.17) is 5.73 Å². The molecule has 0 saturated carbocycles. The summed E-state index contributed by atoms with van der Waals surface area (Å²) in [5.41, 5.74) is 8.60. The molecule has 2 rings (SSSR count). The fourth-order valence-corrected chi connectivity index (χ4v) is 2.29. The SMILES string of the molecule is CCC(O)CNC1CC(N)c2ccccc21. The molecule has 88 valence electrons. The fourth-order valence-electron chi connectivity index (χ4n) is 2.29. The summed E-state index contributed by atoms with van der Waals surface area (Å²) in [6.07, 6.45) is 1.45. The van der Waals surface area contributed by atoms with Crippen molar-refractivity contribution >= 4 is 0 Å². The van der Waals surface area contributed by atoms with Gasteiger partial charge in [-0.25, -0.2) is 0 Å². The van der Waals surface area contributed by atoms with Gasteiger partial charge in [0.05, 0.1) is 6.10 Å². The van der Waals surface area contributed by atoms with Crippen LogP contribution in [0.25, 0.3) is 0 Å². The summed E-state index contributed by atoms with van der Waals surface area (Å²) in [6, 6.07) is 8.72.